The number of aromatic amines is 1. The van der Waals surface area contributed by atoms with Crippen molar-refractivity contribution < 1.29 is 9.53 Å². The van der Waals surface area contributed by atoms with E-state index in [0.29, 0.717) is 22.4 Å². The van der Waals surface area contributed by atoms with E-state index in [4.69, 9.17) is 16.3 Å². The van der Waals surface area contributed by atoms with Crippen LogP contribution in [0, 0.1) is 6.92 Å². The van der Waals surface area contributed by atoms with E-state index in [1.54, 1.807) is 18.2 Å². The van der Waals surface area contributed by atoms with Crippen LogP contribution in [0.15, 0.2) is 28.2 Å². The number of carbonyl (C=O) groups is 1. The Morgan fingerprint density at radius 1 is 1.56 bits per heavy atom. The second-order valence-corrected chi connectivity index (χ2v) is 7.16. The van der Waals surface area contributed by atoms with Gasteiger partial charge >= 0.3 is 5.69 Å². The summed E-state index contributed by atoms with van der Waals surface area (Å²) in [6, 6.07) is 5.35. The number of aromatic nitrogens is 3. The Hall–Kier alpha value is -1.77. The lowest BCUT2D eigenvalue weighted by atomic mass is 10.2. The number of carbonyl (C=O) groups excluding carboxylic acids is 1. The van der Waals surface area contributed by atoms with Gasteiger partial charge in [-0.25, -0.2) is 9.89 Å². The van der Waals surface area contributed by atoms with Crippen LogP contribution in [0.5, 0.6) is 0 Å². The monoisotopic (exact) mass is 382 g/mol. The molecule has 9 heteroatoms. The van der Waals surface area contributed by atoms with Crippen molar-refractivity contribution in [3.05, 3.63) is 39.3 Å². The highest BCUT2D eigenvalue weighted by atomic mass is 35.5. The van der Waals surface area contributed by atoms with Gasteiger partial charge in [-0.15, -0.1) is 5.10 Å². The highest BCUT2D eigenvalue weighted by molar-refractivity contribution is 7.99. The summed E-state index contributed by atoms with van der Waals surface area (Å²) in [5.41, 5.74) is 1.21. The number of rotatable bonds is 6. The van der Waals surface area contributed by atoms with Crippen LogP contribution in [0.2, 0.25) is 5.02 Å². The normalized spacial score (nSPS) is 17.0. The van der Waals surface area contributed by atoms with Crippen molar-refractivity contribution in [3.63, 3.8) is 0 Å². The van der Waals surface area contributed by atoms with E-state index in [2.05, 4.69) is 15.5 Å². The minimum Gasteiger partial charge on any atom is -0.376 e. The standard InChI is InChI=1S/C16H19ClN4O3S/c1-10-12(17)5-2-6-13(10)18-14(22)9-25-16-20-19-15(23)21(16)8-11-4-3-7-24-11/h2,5-6,11H,3-4,7-9H2,1H3,(H,18,22)(H,19,23). The van der Waals surface area contributed by atoms with Gasteiger partial charge in [0.15, 0.2) is 5.16 Å². The Morgan fingerprint density at radius 2 is 2.40 bits per heavy atom. The molecular weight excluding hydrogens is 364 g/mol. The third kappa shape index (κ3) is 4.45. The maximum absolute atomic E-state index is 12.2. The zero-order valence-electron chi connectivity index (χ0n) is 13.8. The van der Waals surface area contributed by atoms with Crippen LogP contribution in [0.25, 0.3) is 0 Å². The van der Waals surface area contributed by atoms with Gasteiger partial charge in [0.2, 0.25) is 5.91 Å². The van der Waals surface area contributed by atoms with Crippen molar-refractivity contribution in [1.29, 1.82) is 0 Å². The second kappa shape index (κ2) is 8.07. The average Bonchev–Trinajstić information content (AvgIpc) is 3.22. The van der Waals surface area contributed by atoms with Crippen LogP contribution in [-0.2, 0) is 16.1 Å². The van der Waals surface area contributed by atoms with Crippen LogP contribution in [-0.4, -0.2) is 39.1 Å². The molecule has 7 nitrogen and oxygen atoms in total. The largest absolute Gasteiger partial charge is 0.376 e. The van der Waals surface area contributed by atoms with Gasteiger partial charge < -0.3 is 10.1 Å². The predicted molar refractivity (Wildman–Crippen MR) is 97.4 cm³/mol. The number of anilines is 1. The highest BCUT2D eigenvalue weighted by Crippen LogP contribution is 2.23. The predicted octanol–water partition coefficient (Wildman–Crippen LogP) is 2.44. The van der Waals surface area contributed by atoms with E-state index in [1.807, 2.05) is 6.92 Å². The molecule has 0 spiro atoms. The van der Waals surface area contributed by atoms with Crippen LogP contribution < -0.4 is 11.0 Å². The second-order valence-electron chi connectivity index (χ2n) is 5.81. The summed E-state index contributed by atoms with van der Waals surface area (Å²) in [6.45, 7) is 3.02. The first-order valence-corrected chi connectivity index (χ1v) is 9.35. The van der Waals surface area contributed by atoms with Crippen LogP contribution >= 0.6 is 23.4 Å². The molecule has 1 aromatic carbocycles. The minimum atomic E-state index is -0.288. The van der Waals surface area contributed by atoms with Crippen molar-refractivity contribution in [2.45, 2.75) is 37.6 Å². The van der Waals surface area contributed by atoms with Crippen LogP contribution in [0.3, 0.4) is 0 Å². The first-order chi connectivity index (χ1) is 12.0. The number of halogens is 1. The number of nitrogens with one attached hydrogen (secondary N) is 2. The number of hydrogen-bond donors (Lipinski definition) is 2. The molecule has 0 radical (unpaired) electrons. The van der Waals surface area contributed by atoms with E-state index >= 15 is 0 Å². The molecule has 0 saturated carbocycles. The Bertz CT molecular complexity index is 814. The van der Waals surface area contributed by atoms with E-state index < -0.39 is 0 Å². The SMILES string of the molecule is Cc1c(Cl)cccc1NC(=O)CSc1n[nH]c(=O)n1CC1CCCO1. The molecule has 1 aromatic heterocycles. The first kappa shape index (κ1) is 18.0. The van der Waals surface area contributed by atoms with E-state index in [-0.39, 0.29) is 23.5 Å². The lowest BCUT2D eigenvalue weighted by Crippen LogP contribution is -2.25. The Morgan fingerprint density at radius 3 is 3.16 bits per heavy atom. The number of benzene rings is 1. The summed E-state index contributed by atoms with van der Waals surface area (Å²) in [4.78, 5) is 24.1. The average molecular weight is 383 g/mol. The molecule has 0 aliphatic carbocycles. The van der Waals surface area contributed by atoms with Gasteiger partial charge in [0.1, 0.15) is 0 Å². The molecule has 1 unspecified atom stereocenters. The van der Waals surface area contributed by atoms with Crippen molar-refractivity contribution in [2.75, 3.05) is 17.7 Å². The van der Waals surface area contributed by atoms with Gasteiger partial charge in [-0.3, -0.25) is 9.36 Å². The Labute approximate surface area is 154 Å². The summed E-state index contributed by atoms with van der Waals surface area (Å²) in [7, 11) is 0. The third-order valence-electron chi connectivity index (χ3n) is 4.01. The van der Waals surface area contributed by atoms with E-state index in [9.17, 15) is 9.59 Å². The van der Waals surface area contributed by atoms with Crippen molar-refractivity contribution in [3.8, 4) is 0 Å². The zero-order chi connectivity index (χ0) is 17.8. The molecule has 0 bridgehead atoms. The van der Waals surface area contributed by atoms with Gasteiger partial charge in [0.25, 0.3) is 0 Å². The fourth-order valence-electron chi connectivity index (χ4n) is 2.63. The molecule has 1 amide bonds. The van der Waals surface area contributed by atoms with Crippen LogP contribution in [0.1, 0.15) is 18.4 Å². The van der Waals surface area contributed by atoms with E-state index in [0.717, 1.165) is 25.0 Å². The zero-order valence-corrected chi connectivity index (χ0v) is 15.3. The molecule has 25 heavy (non-hydrogen) atoms. The van der Waals surface area contributed by atoms with Gasteiger partial charge in [0.05, 0.1) is 18.4 Å². The molecule has 1 atom stereocenters. The Kier molecular flexibility index (Phi) is 5.82. The van der Waals surface area contributed by atoms with Gasteiger partial charge in [-0.1, -0.05) is 29.4 Å². The molecule has 1 fully saturated rings. The fraction of sp³-hybridized carbons (Fsp3) is 0.438. The number of amides is 1. The van der Waals surface area contributed by atoms with Crippen molar-refractivity contribution in [1.82, 2.24) is 14.8 Å². The number of ether oxygens (including phenoxy) is 1. The number of hydrogen-bond acceptors (Lipinski definition) is 5. The fourth-order valence-corrected chi connectivity index (χ4v) is 3.56. The molecular formula is C16H19ClN4O3S. The van der Waals surface area contributed by atoms with Crippen LogP contribution in [0.4, 0.5) is 5.69 Å². The van der Waals surface area contributed by atoms with Gasteiger partial charge in [-0.05, 0) is 37.5 Å². The summed E-state index contributed by atoms with van der Waals surface area (Å²) in [6.07, 6.45) is 1.95. The maximum atomic E-state index is 12.2. The third-order valence-corrected chi connectivity index (χ3v) is 5.39. The van der Waals surface area contributed by atoms with E-state index in [1.165, 1.54) is 16.3 Å². The highest BCUT2D eigenvalue weighted by Gasteiger charge is 2.20. The summed E-state index contributed by atoms with van der Waals surface area (Å²) >= 11 is 7.26. The Balaban J connectivity index is 1.60. The quantitative estimate of drug-likeness (QED) is 0.749. The molecule has 134 valence electrons. The lowest BCUT2D eigenvalue weighted by Gasteiger charge is -2.11. The topological polar surface area (TPSA) is 89.0 Å². The number of thioether (sulfide) groups is 1. The molecule has 2 aromatic rings. The minimum absolute atomic E-state index is 0.0255. The number of nitrogens with zero attached hydrogens (tertiary/aromatic N) is 2. The molecule has 1 aliphatic rings. The molecule has 2 heterocycles. The molecule has 1 aliphatic heterocycles. The van der Waals surface area contributed by atoms with Crippen molar-refractivity contribution >= 4 is 35.0 Å². The summed E-state index contributed by atoms with van der Waals surface area (Å²) in [5, 5.41) is 10.3. The van der Waals surface area contributed by atoms with Crippen molar-refractivity contribution in [2.24, 2.45) is 0 Å². The van der Waals surface area contributed by atoms with Gasteiger partial charge in [0, 0.05) is 17.3 Å². The lowest BCUT2D eigenvalue weighted by molar-refractivity contribution is -0.113. The number of H-pyrrole nitrogens is 1. The smallest absolute Gasteiger partial charge is 0.344 e. The first-order valence-electron chi connectivity index (χ1n) is 7.99. The summed E-state index contributed by atoms with van der Waals surface area (Å²) < 4.78 is 7.09. The molecule has 2 N–H and O–H groups in total. The molecule has 1 saturated heterocycles. The summed E-state index contributed by atoms with van der Waals surface area (Å²) in [5.74, 6) is -0.0450. The molecule has 3 rings (SSSR count). The van der Waals surface area contributed by atoms with Gasteiger partial charge in [-0.2, -0.15) is 0 Å². The maximum Gasteiger partial charge on any atom is 0.344 e.